The number of carboxylic acids is 1. The third-order valence-electron chi connectivity index (χ3n) is 3.98. The summed E-state index contributed by atoms with van der Waals surface area (Å²) >= 11 is 0. The van der Waals surface area contributed by atoms with Gasteiger partial charge in [-0.15, -0.1) is 0 Å². The van der Waals surface area contributed by atoms with E-state index in [1.54, 1.807) is 4.90 Å². The first kappa shape index (κ1) is 13.6. The molecular formula is C12H18N2O5. The number of urea groups is 1. The van der Waals surface area contributed by atoms with Crippen LogP contribution in [0.25, 0.3) is 0 Å². The van der Waals surface area contributed by atoms with Gasteiger partial charge in [0.1, 0.15) is 6.04 Å². The summed E-state index contributed by atoms with van der Waals surface area (Å²) in [5.41, 5.74) is 0. The highest BCUT2D eigenvalue weighted by atomic mass is 16.5. The fourth-order valence-electron chi connectivity index (χ4n) is 3.07. The minimum absolute atomic E-state index is 0.0315. The third-order valence-corrected chi connectivity index (χ3v) is 3.98. The van der Waals surface area contributed by atoms with Crippen molar-refractivity contribution < 1.29 is 24.2 Å². The van der Waals surface area contributed by atoms with E-state index < -0.39 is 23.9 Å². The Labute approximate surface area is 110 Å². The molecule has 4 unspecified atom stereocenters. The van der Waals surface area contributed by atoms with Crippen LogP contribution in [0.1, 0.15) is 26.2 Å². The van der Waals surface area contributed by atoms with Gasteiger partial charge in [-0.2, -0.15) is 0 Å². The van der Waals surface area contributed by atoms with Crippen molar-refractivity contribution in [3.05, 3.63) is 0 Å². The number of rotatable bonds is 3. The molecular weight excluding hydrogens is 252 g/mol. The topological polar surface area (TPSA) is 95.9 Å². The van der Waals surface area contributed by atoms with Crippen LogP contribution < -0.4 is 5.32 Å². The number of carboxylic acid groups (broad SMARTS) is 1. The molecule has 2 amide bonds. The first-order valence-corrected chi connectivity index (χ1v) is 6.35. The summed E-state index contributed by atoms with van der Waals surface area (Å²) in [6, 6.07) is -1.40. The summed E-state index contributed by atoms with van der Waals surface area (Å²) in [5.74, 6) is -1.86. The van der Waals surface area contributed by atoms with Crippen molar-refractivity contribution in [2.45, 2.75) is 44.3 Å². The third kappa shape index (κ3) is 2.36. The zero-order valence-electron chi connectivity index (χ0n) is 11.0. The Balaban J connectivity index is 2.01. The van der Waals surface area contributed by atoms with Gasteiger partial charge in [0, 0.05) is 12.1 Å². The number of ether oxygens (including phenoxy) is 1. The second-order valence-electron chi connectivity index (χ2n) is 5.08. The number of carbonyl (C=O) groups excluding carboxylic acids is 2. The maximum atomic E-state index is 12.1. The highest BCUT2D eigenvalue weighted by Crippen LogP contribution is 2.41. The molecule has 2 heterocycles. The number of esters is 1. The van der Waals surface area contributed by atoms with Crippen LogP contribution in [0.2, 0.25) is 0 Å². The molecule has 2 saturated heterocycles. The number of carbonyl (C=O) groups is 3. The molecule has 0 radical (unpaired) electrons. The van der Waals surface area contributed by atoms with E-state index in [1.807, 2.05) is 0 Å². The molecule has 2 rings (SSSR count). The van der Waals surface area contributed by atoms with Gasteiger partial charge in [0.15, 0.2) is 0 Å². The quantitative estimate of drug-likeness (QED) is 0.714. The van der Waals surface area contributed by atoms with Crippen LogP contribution in [-0.4, -0.2) is 53.2 Å². The monoisotopic (exact) mass is 270 g/mol. The Hall–Kier alpha value is -1.79. The molecule has 2 aliphatic rings. The smallest absolute Gasteiger partial charge is 0.328 e. The maximum absolute atomic E-state index is 12.1. The number of amides is 2. The van der Waals surface area contributed by atoms with E-state index in [2.05, 4.69) is 10.1 Å². The molecule has 0 spiro atoms. The molecule has 0 aromatic carbocycles. The van der Waals surface area contributed by atoms with Crippen molar-refractivity contribution in [2.24, 2.45) is 5.92 Å². The van der Waals surface area contributed by atoms with Crippen LogP contribution in [0.15, 0.2) is 0 Å². The Morgan fingerprint density at radius 2 is 2.05 bits per heavy atom. The number of fused-ring (bicyclic) bond motifs is 2. The molecule has 106 valence electrons. The van der Waals surface area contributed by atoms with Crippen LogP contribution >= 0.6 is 0 Å². The predicted molar refractivity (Wildman–Crippen MR) is 64.4 cm³/mol. The zero-order chi connectivity index (χ0) is 14.2. The molecule has 0 aliphatic carbocycles. The average Bonchev–Trinajstić information content (AvgIpc) is 2.94. The number of nitrogens with one attached hydrogen (secondary N) is 1. The predicted octanol–water partition coefficient (Wildman–Crippen LogP) is 0.195. The zero-order valence-corrected chi connectivity index (χ0v) is 11.0. The van der Waals surface area contributed by atoms with Crippen molar-refractivity contribution >= 4 is 18.0 Å². The highest BCUT2D eigenvalue weighted by Gasteiger charge is 2.51. The number of aliphatic carboxylic acids is 1. The molecule has 0 saturated carbocycles. The molecule has 2 fully saturated rings. The molecule has 7 heteroatoms. The lowest BCUT2D eigenvalue weighted by Crippen LogP contribution is -2.49. The standard InChI is InChI=1S/C12H18N2O5/c1-6(11(17)19-2)13-12(18)14-7-3-4-9(14)8(5-7)10(15)16/h6-9H,3-5H2,1-2H3,(H,13,18)(H,15,16). The summed E-state index contributed by atoms with van der Waals surface area (Å²) < 4.78 is 4.54. The normalized spacial score (nSPS) is 30.0. The van der Waals surface area contributed by atoms with Crippen molar-refractivity contribution in [1.82, 2.24) is 10.2 Å². The molecule has 0 aromatic heterocycles. The van der Waals surface area contributed by atoms with Crippen molar-refractivity contribution in [3.8, 4) is 0 Å². The van der Waals surface area contributed by atoms with E-state index in [0.29, 0.717) is 12.8 Å². The van der Waals surface area contributed by atoms with E-state index in [9.17, 15) is 14.4 Å². The Bertz CT molecular complexity index is 411. The lowest BCUT2D eigenvalue weighted by atomic mass is 9.89. The van der Waals surface area contributed by atoms with Crippen LogP contribution in [0.3, 0.4) is 0 Å². The van der Waals surface area contributed by atoms with E-state index in [0.717, 1.165) is 6.42 Å². The van der Waals surface area contributed by atoms with Crippen molar-refractivity contribution in [3.63, 3.8) is 0 Å². The van der Waals surface area contributed by atoms with Gasteiger partial charge < -0.3 is 20.1 Å². The number of hydrogen-bond donors (Lipinski definition) is 2. The van der Waals surface area contributed by atoms with Crippen molar-refractivity contribution in [1.29, 1.82) is 0 Å². The van der Waals surface area contributed by atoms with Crippen molar-refractivity contribution in [2.75, 3.05) is 7.11 Å². The van der Waals surface area contributed by atoms with Crippen LogP contribution in [0, 0.1) is 5.92 Å². The Kier molecular flexibility index (Phi) is 3.64. The summed E-state index contributed by atoms with van der Waals surface area (Å²) in [4.78, 5) is 36.1. The van der Waals surface area contributed by atoms with Gasteiger partial charge in [-0.25, -0.2) is 9.59 Å². The van der Waals surface area contributed by atoms with Crippen LogP contribution in [-0.2, 0) is 14.3 Å². The maximum Gasteiger partial charge on any atom is 0.328 e. The van der Waals surface area contributed by atoms with Gasteiger partial charge in [0.2, 0.25) is 0 Å². The van der Waals surface area contributed by atoms with Gasteiger partial charge in [0.25, 0.3) is 0 Å². The van der Waals surface area contributed by atoms with Gasteiger partial charge in [-0.1, -0.05) is 0 Å². The minimum atomic E-state index is -0.856. The second kappa shape index (κ2) is 5.07. The minimum Gasteiger partial charge on any atom is -0.481 e. The molecule has 7 nitrogen and oxygen atoms in total. The first-order valence-electron chi connectivity index (χ1n) is 6.35. The fourth-order valence-corrected chi connectivity index (χ4v) is 3.07. The van der Waals surface area contributed by atoms with E-state index in [4.69, 9.17) is 5.11 Å². The Morgan fingerprint density at radius 1 is 1.37 bits per heavy atom. The molecule has 4 atom stereocenters. The first-order chi connectivity index (χ1) is 8.95. The fraction of sp³-hybridized carbons (Fsp3) is 0.750. The molecule has 0 aromatic rings. The van der Waals surface area contributed by atoms with Gasteiger partial charge in [0.05, 0.1) is 13.0 Å². The van der Waals surface area contributed by atoms with E-state index in [1.165, 1.54) is 14.0 Å². The van der Waals surface area contributed by atoms with Crippen LogP contribution in [0.5, 0.6) is 0 Å². The van der Waals surface area contributed by atoms with Crippen LogP contribution in [0.4, 0.5) is 4.79 Å². The SMILES string of the molecule is COC(=O)C(C)NC(=O)N1C2CCC1C(C(=O)O)C2. The van der Waals surface area contributed by atoms with E-state index in [-0.39, 0.29) is 18.1 Å². The number of nitrogens with zero attached hydrogens (tertiary/aromatic N) is 1. The number of hydrogen-bond acceptors (Lipinski definition) is 4. The van der Waals surface area contributed by atoms with E-state index >= 15 is 0 Å². The molecule has 2 N–H and O–H groups in total. The van der Waals surface area contributed by atoms with Gasteiger partial charge in [-0.05, 0) is 26.2 Å². The van der Waals surface area contributed by atoms with Gasteiger partial charge in [-0.3, -0.25) is 4.79 Å². The number of methoxy groups -OCH3 is 1. The molecule has 19 heavy (non-hydrogen) atoms. The lowest BCUT2D eigenvalue weighted by Gasteiger charge is -2.24. The molecule has 2 bridgehead atoms. The summed E-state index contributed by atoms with van der Waals surface area (Å²) in [6.45, 7) is 1.54. The van der Waals surface area contributed by atoms with Gasteiger partial charge >= 0.3 is 18.0 Å². The summed E-state index contributed by atoms with van der Waals surface area (Å²) in [5, 5.41) is 11.7. The summed E-state index contributed by atoms with van der Waals surface area (Å²) in [6.07, 6.45) is 2.04. The summed E-state index contributed by atoms with van der Waals surface area (Å²) in [7, 11) is 1.25. The Morgan fingerprint density at radius 3 is 2.58 bits per heavy atom. The second-order valence-corrected chi connectivity index (χ2v) is 5.08. The molecule has 2 aliphatic heterocycles. The highest BCUT2D eigenvalue weighted by molar-refractivity contribution is 5.84. The largest absolute Gasteiger partial charge is 0.481 e. The average molecular weight is 270 g/mol. The lowest BCUT2D eigenvalue weighted by molar-refractivity contribution is -0.143.